The Morgan fingerprint density at radius 3 is 2.78 bits per heavy atom. The van der Waals surface area contributed by atoms with Crippen molar-refractivity contribution in [3.05, 3.63) is 58.9 Å². The van der Waals surface area contributed by atoms with Gasteiger partial charge in [-0.1, -0.05) is 18.2 Å². The first-order chi connectivity index (χ1) is 17.6. The minimum atomic E-state index is -0.370. The third-order valence-electron chi connectivity index (χ3n) is 9.04. The van der Waals surface area contributed by atoms with Crippen LogP contribution < -0.4 is 4.74 Å². The Morgan fingerprint density at radius 1 is 1.19 bits per heavy atom. The first kappa shape index (κ1) is 23.6. The van der Waals surface area contributed by atoms with Gasteiger partial charge in [-0.05, 0) is 86.9 Å². The maximum absolute atomic E-state index is 14.0. The van der Waals surface area contributed by atoms with Gasteiger partial charge in [-0.3, -0.25) is 14.6 Å². The number of nitrogens with zero attached hydrogens (tertiary/aromatic N) is 3. The van der Waals surface area contributed by atoms with Gasteiger partial charge >= 0.3 is 0 Å². The van der Waals surface area contributed by atoms with Gasteiger partial charge in [-0.2, -0.15) is 0 Å². The van der Waals surface area contributed by atoms with E-state index >= 15 is 0 Å². The Morgan fingerprint density at radius 2 is 2.00 bits per heavy atom. The number of rotatable bonds is 5. The largest absolute Gasteiger partial charge is 0.429 e. The molecule has 1 saturated carbocycles. The number of hydrogen-bond acceptors (Lipinski definition) is 6. The van der Waals surface area contributed by atoms with E-state index in [1.807, 2.05) is 18.3 Å². The normalized spacial score (nSPS) is 28.5. The average molecular weight is 490 g/mol. The fraction of sp³-hybridized carbons (Fsp3) is 0.552. The predicted octanol–water partition coefficient (Wildman–Crippen LogP) is 3.63. The van der Waals surface area contributed by atoms with E-state index < -0.39 is 0 Å². The fourth-order valence-electron chi connectivity index (χ4n) is 7.10. The number of fused-ring (bicyclic) bond motifs is 2. The van der Waals surface area contributed by atoms with E-state index in [0.29, 0.717) is 43.2 Å². The molecule has 1 aliphatic carbocycles. The van der Waals surface area contributed by atoms with E-state index in [2.05, 4.69) is 39.9 Å². The van der Waals surface area contributed by atoms with Crippen LogP contribution in [0.1, 0.15) is 60.4 Å². The summed E-state index contributed by atoms with van der Waals surface area (Å²) in [5.74, 6) is 1.40. The monoisotopic (exact) mass is 489 g/mol. The number of carbonyl (C=O) groups excluding carboxylic acids is 2. The van der Waals surface area contributed by atoms with Gasteiger partial charge in [0.1, 0.15) is 5.75 Å². The van der Waals surface area contributed by atoms with Crippen LogP contribution in [0.15, 0.2) is 36.5 Å². The molecular weight excluding hydrogens is 454 g/mol. The number of aryl methyl sites for hydroxylation is 1. The highest BCUT2D eigenvalue weighted by Gasteiger charge is 2.58. The van der Waals surface area contributed by atoms with Crippen LogP contribution in [0.5, 0.6) is 5.75 Å². The van der Waals surface area contributed by atoms with Gasteiger partial charge in [-0.25, -0.2) is 0 Å². The van der Waals surface area contributed by atoms with Crippen molar-refractivity contribution in [3.8, 4) is 5.75 Å². The van der Waals surface area contributed by atoms with Crippen LogP contribution in [-0.4, -0.2) is 65.6 Å². The van der Waals surface area contributed by atoms with E-state index in [9.17, 15) is 9.59 Å². The van der Waals surface area contributed by atoms with Gasteiger partial charge in [-0.15, -0.1) is 0 Å². The lowest BCUT2D eigenvalue weighted by Crippen LogP contribution is -2.48. The maximum Gasteiger partial charge on any atom is 0.298 e. The zero-order valence-corrected chi connectivity index (χ0v) is 21.0. The molecule has 0 N–H and O–H groups in total. The van der Waals surface area contributed by atoms with E-state index in [1.54, 1.807) is 0 Å². The van der Waals surface area contributed by atoms with Gasteiger partial charge < -0.3 is 19.3 Å². The van der Waals surface area contributed by atoms with E-state index in [0.717, 1.165) is 69.4 Å². The van der Waals surface area contributed by atoms with Gasteiger partial charge in [0.05, 0.1) is 11.5 Å². The molecule has 7 nitrogen and oxygen atoms in total. The summed E-state index contributed by atoms with van der Waals surface area (Å²) in [6.07, 6.45) is 7.72. The number of likely N-dealkylation sites (tertiary alicyclic amines) is 1. The van der Waals surface area contributed by atoms with Gasteiger partial charge in [0.25, 0.3) is 6.47 Å². The smallest absolute Gasteiger partial charge is 0.298 e. The van der Waals surface area contributed by atoms with Crippen LogP contribution in [0.3, 0.4) is 0 Å². The van der Waals surface area contributed by atoms with Crippen molar-refractivity contribution in [2.45, 2.75) is 70.1 Å². The summed E-state index contributed by atoms with van der Waals surface area (Å²) in [5.41, 5.74) is 4.42. The second-order valence-electron chi connectivity index (χ2n) is 11.0. The first-order valence-electron chi connectivity index (χ1n) is 13.4. The molecule has 0 radical (unpaired) electrons. The lowest BCUT2D eigenvalue weighted by atomic mass is 9.80. The van der Waals surface area contributed by atoms with Crippen molar-refractivity contribution >= 4 is 12.4 Å². The van der Waals surface area contributed by atoms with Crippen LogP contribution in [0.4, 0.5) is 0 Å². The Labute approximate surface area is 212 Å². The standard InChI is InChI=1S/C29H35N3O4/c1-20-14-23-18-32(12-8-26(23)30-17-20)28(34)29-9-13-35-27(29)15-24(16-29)31-10-6-22(7-11-31)21-2-4-25(5-3-21)36-19-33/h2-5,14,17,19,22,24,27H,6-13,15-16,18H2,1H3/t24-,27-,29-/m1/s1. The third kappa shape index (κ3) is 4.22. The number of piperidine rings is 1. The Balaban J connectivity index is 1.10. The molecule has 4 heterocycles. The van der Waals surface area contributed by atoms with E-state index in [4.69, 9.17) is 9.47 Å². The van der Waals surface area contributed by atoms with Crippen molar-refractivity contribution in [2.75, 3.05) is 26.2 Å². The van der Waals surface area contributed by atoms with Gasteiger partial charge in [0.15, 0.2) is 0 Å². The molecule has 7 heteroatoms. The highest BCUT2D eigenvalue weighted by molar-refractivity contribution is 5.84. The zero-order valence-electron chi connectivity index (χ0n) is 21.0. The molecule has 4 aliphatic rings. The molecule has 2 aromatic rings. The van der Waals surface area contributed by atoms with Crippen molar-refractivity contribution in [2.24, 2.45) is 5.41 Å². The number of ether oxygens (including phenoxy) is 2. The second kappa shape index (κ2) is 9.60. The fourth-order valence-corrected chi connectivity index (χ4v) is 7.10. The average Bonchev–Trinajstić information content (AvgIpc) is 3.47. The lowest BCUT2D eigenvalue weighted by molar-refractivity contribution is -0.145. The topological polar surface area (TPSA) is 72.0 Å². The SMILES string of the molecule is Cc1cnc2c(c1)CN(C(=O)[C@@]13CCO[C@@H]1C[C@@H](N1CCC(c4ccc(OC=O)cc4)CC1)C3)CC2. The Bertz CT molecular complexity index is 1130. The molecule has 3 atom stereocenters. The highest BCUT2D eigenvalue weighted by atomic mass is 16.5. The molecule has 0 spiro atoms. The zero-order chi connectivity index (χ0) is 24.7. The molecule has 190 valence electrons. The predicted molar refractivity (Wildman–Crippen MR) is 135 cm³/mol. The molecule has 0 bridgehead atoms. The van der Waals surface area contributed by atoms with Crippen LogP contribution in [0.25, 0.3) is 0 Å². The number of hydrogen-bond donors (Lipinski definition) is 0. The summed E-state index contributed by atoms with van der Waals surface area (Å²) in [7, 11) is 0. The van der Waals surface area contributed by atoms with Crippen molar-refractivity contribution in [3.63, 3.8) is 0 Å². The van der Waals surface area contributed by atoms with Crippen LogP contribution in [-0.2, 0) is 27.3 Å². The van der Waals surface area contributed by atoms with Crippen molar-refractivity contribution in [1.82, 2.24) is 14.8 Å². The van der Waals surface area contributed by atoms with Gasteiger partial charge in [0.2, 0.25) is 5.91 Å². The Hall–Kier alpha value is -2.77. The number of aromatic nitrogens is 1. The molecule has 1 aromatic heterocycles. The quantitative estimate of drug-likeness (QED) is 0.598. The summed E-state index contributed by atoms with van der Waals surface area (Å²) < 4.78 is 11.1. The molecule has 0 unspecified atom stereocenters. The van der Waals surface area contributed by atoms with Crippen LogP contribution in [0, 0.1) is 12.3 Å². The molecule has 3 fully saturated rings. The summed E-state index contributed by atoms with van der Waals surface area (Å²) in [6.45, 7) is 6.73. The maximum atomic E-state index is 14.0. The summed E-state index contributed by atoms with van der Waals surface area (Å²) >= 11 is 0. The minimum Gasteiger partial charge on any atom is -0.429 e. The molecule has 3 aliphatic heterocycles. The van der Waals surface area contributed by atoms with Crippen LogP contribution >= 0.6 is 0 Å². The van der Waals surface area contributed by atoms with Gasteiger partial charge in [0, 0.05) is 44.0 Å². The molecule has 1 amide bonds. The van der Waals surface area contributed by atoms with E-state index in [1.165, 1.54) is 11.1 Å². The number of pyridine rings is 1. The minimum absolute atomic E-state index is 0.0371. The van der Waals surface area contributed by atoms with E-state index in [-0.39, 0.29) is 11.5 Å². The molecule has 36 heavy (non-hydrogen) atoms. The number of benzene rings is 1. The molecular formula is C29H35N3O4. The Kier molecular flexibility index (Phi) is 6.30. The number of carbonyl (C=O) groups is 2. The van der Waals surface area contributed by atoms with Crippen LogP contribution in [0.2, 0.25) is 0 Å². The second-order valence-corrected chi connectivity index (χ2v) is 11.0. The van der Waals surface area contributed by atoms with Crippen molar-refractivity contribution < 1.29 is 19.1 Å². The summed E-state index contributed by atoms with van der Waals surface area (Å²) in [5, 5.41) is 0. The lowest BCUT2D eigenvalue weighted by Gasteiger charge is -2.38. The third-order valence-corrected chi connectivity index (χ3v) is 9.04. The summed E-state index contributed by atoms with van der Waals surface area (Å²) in [4.78, 5) is 33.8. The van der Waals surface area contributed by atoms with Crippen molar-refractivity contribution in [1.29, 1.82) is 0 Å². The molecule has 2 saturated heterocycles. The first-order valence-corrected chi connectivity index (χ1v) is 13.4. The number of amides is 1. The highest BCUT2D eigenvalue weighted by Crippen LogP contribution is 2.51. The molecule has 6 rings (SSSR count). The summed E-state index contributed by atoms with van der Waals surface area (Å²) in [6, 6.07) is 10.5. The molecule has 1 aromatic carbocycles.